The highest BCUT2D eigenvalue weighted by Crippen LogP contribution is 2.22. The van der Waals surface area contributed by atoms with Crippen LogP contribution < -0.4 is 4.90 Å². The number of hydrogen-bond acceptors (Lipinski definition) is 1. The molecule has 75 valence electrons. The summed E-state index contributed by atoms with van der Waals surface area (Å²) in [6, 6.07) is 6.76. The summed E-state index contributed by atoms with van der Waals surface area (Å²) in [6.07, 6.45) is 3.47. The van der Waals surface area contributed by atoms with Crippen molar-refractivity contribution in [3.05, 3.63) is 36.5 Å². The minimum atomic E-state index is -0.162. The monoisotopic (exact) mass is 192 g/mol. The Balaban J connectivity index is 2.10. The molecule has 14 heavy (non-hydrogen) atoms. The maximum atomic E-state index is 12.7. The molecular formula is C12H15FN. The van der Waals surface area contributed by atoms with Crippen molar-refractivity contribution in [2.24, 2.45) is 5.92 Å². The molecule has 0 N–H and O–H groups in total. The van der Waals surface area contributed by atoms with Gasteiger partial charge < -0.3 is 4.90 Å². The molecule has 1 radical (unpaired) electrons. The molecule has 0 amide bonds. The van der Waals surface area contributed by atoms with Gasteiger partial charge in [-0.1, -0.05) is 6.92 Å². The topological polar surface area (TPSA) is 3.24 Å². The second-order valence-corrected chi connectivity index (χ2v) is 3.92. The lowest BCUT2D eigenvalue weighted by atomic mass is 10.00. The normalized spacial score (nSPS) is 22.4. The van der Waals surface area contributed by atoms with Crippen LogP contribution in [0.15, 0.2) is 24.3 Å². The van der Waals surface area contributed by atoms with Crippen molar-refractivity contribution in [3.8, 4) is 0 Å². The van der Waals surface area contributed by atoms with Gasteiger partial charge in [-0.05, 0) is 43.0 Å². The number of halogens is 1. The smallest absolute Gasteiger partial charge is 0.123 e. The molecule has 0 aliphatic carbocycles. The fraction of sp³-hybridized carbons (Fsp3) is 0.417. The van der Waals surface area contributed by atoms with Crippen molar-refractivity contribution in [1.82, 2.24) is 0 Å². The van der Waals surface area contributed by atoms with Gasteiger partial charge in [0.25, 0.3) is 0 Å². The lowest BCUT2D eigenvalue weighted by Crippen LogP contribution is -2.34. The molecule has 2 rings (SSSR count). The van der Waals surface area contributed by atoms with Gasteiger partial charge in [0, 0.05) is 18.8 Å². The highest BCUT2D eigenvalue weighted by molar-refractivity contribution is 5.46. The number of piperidine rings is 1. The molecule has 1 fully saturated rings. The Morgan fingerprint density at radius 1 is 1.29 bits per heavy atom. The maximum absolute atomic E-state index is 12.7. The van der Waals surface area contributed by atoms with E-state index in [1.54, 1.807) is 0 Å². The predicted octanol–water partition coefficient (Wildman–Crippen LogP) is 2.88. The van der Waals surface area contributed by atoms with E-state index in [0.29, 0.717) is 5.92 Å². The highest BCUT2D eigenvalue weighted by atomic mass is 19.1. The molecule has 0 saturated carbocycles. The van der Waals surface area contributed by atoms with Crippen LogP contribution in [0.1, 0.15) is 13.3 Å². The Hall–Kier alpha value is -1.05. The van der Waals surface area contributed by atoms with Gasteiger partial charge in [0.2, 0.25) is 0 Å². The fourth-order valence-electron chi connectivity index (χ4n) is 1.91. The zero-order valence-electron chi connectivity index (χ0n) is 8.41. The van der Waals surface area contributed by atoms with E-state index < -0.39 is 0 Å². The molecule has 1 aliphatic rings. The average Bonchev–Trinajstić information content (AvgIpc) is 2.19. The molecule has 1 nitrogen and oxygen atoms in total. The van der Waals surface area contributed by atoms with Crippen LogP contribution in [0.25, 0.3) is 0 Å². The van der Waals surface area contributed by atoms with Crippen LogP contribution >= 0.6 is 0 Å². The molecule has 0 spiro atoms. The second-order valence-electron chi connectivity index (χ2n) is 3.92. The Bertz CT molecular complexity index is 294. The van der Waals surface area contributed by atoms with Gasteiger partial charge in [0.05, 0.1) is 0 Å². The zero-order chi connectivity index (χ0) is 9.97. The Morgan fingerprint density at radius 2 is 2.00 bits per heavy atom. The van der Waals surface area contributed by atoms with E-state index in [1.807, 2.05) is 12.1 Å². The van der Waals surface area contributed by atoms with Gasteiger partial charge in [0.1, 0.15) is 5.82 Å². The number of hydrogen-bond donors (Lipinski definition) is 0. The van der Waals surface area contributed by atoms with Crippen LogP contribution in [0.3, 0.4) is 0 Å². The predicted molar refractivity (Wildman–Crippen MR) is 56.7 cm³/mol. The molecule has 2 heteroatoms. The van der Waals surface area contributed by atoms with E-state index in [-0.39, 0.29) is 5.82 Å². The molecule has 0 bridgehead atoms. The van der Waals surface area contributed by atoms with Crippen molar-refractivity contribution in [2.45, 2.75) is 13.3 Å². The van der Waals surface area contributed by atoms with Crippen LogP contribution in [-0.4, -0.2) is 13.1 Å². The van der Waals surface area contributed by atoms with Gasteiger partial charge >= 0.3 is 0 Å². The molecule has 1 unspecified atom stereocenters. The van der Waals surface area contributed by atoms with Crippen molar-refractivity contribution in [1.29, 1.82) is 0 Å². The summed E-state index contributed by atoms with van der Waals surface area (Å²) in [4.78, 5) is 2.31. The zero-order valence-corrected chi connectivity index (χ0v) is 8.41. The van der Waals surface area contributed by atoms with E-state index in [2.05, 4.69) is 18.2 Å². The summed E-state index contributed by atoms with van der Waals surface area (Å²) >= 11 is 0. The van der Waals surface area contributed by atoms with Gasteiger partial charge in [-0.3, -0.25) is 0 Å². The standard InChI is InChI=1S/C12H15FN/c1-10-3-2-8-14(9-10)12-6-4-11(13)5-7-12/h3-7,10H,2,8-9H2,1H3. The van der Waals surface area contributed by atoms with E-state index in [4.69, 9.17) is 0 Å². The Kier molecular flexibility index (Phi) is 2.71. The third-order valence-corrected chi connectivity index (χ3v) is 2.67. The lowest BCUT2D eigenvalue weighted by molar-refractivity contribution is 0.548. The minimum absolute atomic E-state index is 0.162. The molecule has 0 aromatic heterocycles. The first kappa shape index (κ1) is 9.50. The Labute approximate surface area is 84.5 Å². The molecule has 1 saturated heterocycles. The van der Waals surface area contributed by atoms with Crippen LogP contribution in [0.5, 0.6) is 0 Å². The average molecular weight is 192 g/mol. The molecule has 1 aromatic carbocycles. The summed E-state index contributed by atoms with van der Waals surface area (Å²) in [6.45, 7) is 4.32. The largest absolute Gasteiger partial charge is 0.371 e. The second kappa shape index (κ2) is 3.99. The first-order valence-corrected chi connectivity index (χ1v) is 5.09. The minimum Gasteiger partial charge on any atom is -0.371 e. The SMILES string of the molecule is CC1[CH]CCN(c2ccc(F)cc2)C1. The van der Waals surface area contributed by atoms with Gasteiger partial charge in [-0.15, -0.1) is 0 Å². The van der Waals surface area contributed by atoms with Crippen molar-refractivity contribution in [2.75, 3.05) is 18.0 Å². The summed E-state index contributed by atoms with van der Waals surface area (Å²) in [5.41, 5.74) is 1.13. The summed E-state index contributed by atoms with van der Waals surface area (Å²) in [5.74, 6) is 0.471. The molecular weight excluding hydrogens is 177 g/mol. The van der Waals surface area contributed by atoms with Crippen LogP contribution in [0.4, 0.5) is 10.1 Å². The first-order chi connectivity index (χ1) is 6.75. The van der Waals surface area contributed by atoms with E-state index >= 15 is 0 Å². The number of anilines is 1. The van der Waals surface area contributed by atoms with Gasteiger partial charge in [0.15, 0.2) is 0 Å². The first-order valence-electron chi connectivity index (χ1n) is 5.09. The van der Waals surface area contributed by atoms with E-state index in [9.17, 15) is 4.39 Å². The summed E-state index contributed by atoms with van der Waals surface area (Å²) in [7, 11) is 0. The van der Waals surface area contributed by atoms with Crippen LogP contribution in [0, 0.1) is 18.2 Å². The van der Waals surface area contributed by atoms with Gasteiger partial charge in [-0.2, -0.15) is 0 Å². The summed E-state index contributed by atoms with van der Waals surface area (Å²) < 4.78 is 12.7. The molecule has 1 heterocycles. The quantitative estimate of drug-likeness (QED) is 0.661. The molecule has 1 aliphatic heterocycles. The molecule has 1 aromatic rings. The highest BCUT2D eigenvalue weighted by Gasteiger charge is 2.16. The number of rotatable bonds is 1. The van der Waals surface area contributed by atoms with Crippen molar-refractivity contribution >= 4 is 5.69 Å². The van der Waals surface area contributed by atoms with Crippen LogP contribution in [0.2, 0.25) is 0 Å². The third kappa shape index (κ3) is 2.06. The van der Waals surface area contributed by atoms with E-state index in [1.165, 1.54) is 12.1 Å². The van der Waals surface area contributed by atoms with Gasteiger partial charge in [-0.25, -0.2) is 4.39 Å². The lowest BCUT2D eigenvalue weighted by Gasteiger charge is -2.32. The number of nitrogens with zero attached hydrogens (tertiary/aromatic N) is 1. The van der Waals surface area contributed by atoms with Crippen LogP contribution in [-0.2, 0) is 0 Å². The maximum Gasteiger partial charge on any atom is 0.123 e. The number of benzene rings is 1. The molecule has 1 atom stereocenters. The summed E-state index contributed by atoms with van der Waals surface area (Å²) in [5, 5.41) is 0. The fourth-order valence-corrected chi connectivity index (χ4v) is 1.91. The van der Waals surface area contributed by atoms with E-state index in [0.717, 1.165) is 25.2 Å². The third-order valence-electron chi connectivity index (χ3n) is 2.67. The Morgan fingerprint density at radius 3 is 2.64 bits per heavy atom. The van der Waals surface area contributed by atoms with Crippen molar-refractivity contribution in [3.63, 3.8) is 0 Å². The van der Waals surface area contributed by atoms with Crippen molar-refractivity contribution < 1.29 is 4.39 Å².